The third-order valence-corrected chi connectivity index (χ3v) is 2.73. The number of alkyl halides is 3. The molecule has 0 saturated carbocycles. The standard InChI is InChI=1S/C12H9ClF3NO2/c13-9-1-2-10-8(5-18)4-17(11(10)3-9)7-19-6-12(14,15)16/h1-5H,6-7H2. The molecule has 0 bridgehead atoms. The lowest BCUT2D eigenvalue weighted by atomic mass is 10.2. The van der Waals surface area contributed by atoms with Gasteiger partial charge in [0.1, 0.15) is 13.3 Å². The first-order valence-electron chi connectivity index (χ1n) is 5.29. The van der Waals surface area contributed by atoms with E-state index in [9.17, 15) is 18.0 Å². The highest BCUT2D eigenvalue weighted by atomic mass is 35.5. The topological polar surface area (TPSA) is 31.2 Å². The number of aromatic nitrogens is 1. The van der Waals surface area contributed by atoms with E-state index in [1.165, 1.54) is 10.8 Å². The SMILES string of the molecule is O=Cc1cn(COCC(F)(F)F)c2cc(Cl)ccc12. The molecule has 7 heteroatoms. The Morgan fingerprint density at radius 1 is 1.37 bits per heavy atom. The summed E-state index contributed by atoms with van der Waals surface area (Å²) in [6, 6.07) is 4.82. The molecule has 2 aromatic rings. The van der Waals surface area contributed by atoms with Crippen molar-refractivity contribution in [3.05, 3.63) is 35.0 Å². The number of hydrogen-bond donors (Lipinski definition) is 0. The van der Waals surface area contributed by atoms with E-state index in [2.05, 4.69) is 4.74 Å². The number of halogens is 4. The Kier molecular flexibility index (Phi) is 3.82. The molecule has 3 nitrogen and oxygen atoms in total. The van der Waals surface area contributed by atoms with Crippen molar-refractivity contribution in [2.24, 2.45) is 0 Å². The van der Waals surface area contributed by atoms with Crippen LogP contribution in [0.4, 0.5) is 13.2 Å². The van der Waals surface area contributed by atoms with Gasteiger partial charge in [0.2, 0.25) is 0 Å². The molecular weight excluding hydrogens is 283 g/mol. The minimum absolute atomic E-state index is 0.301. The van der Waals surface area contributed by atoms with E-state index in [4.69, 9.17) is 11.6 Å². The summed E-state index contributed by atoms with van der Waals surface area (Å²) < 4.78 is 42.0. The normalized spacial score (nSPS) is 12.0. The lowest BCUT2D eigenvalue weighted by molar-refractivity contribution is -0.181. The summed E-state index contributed by atoms with van der Waals surface area (Å²) in [4.78, 5) is 10.9. The maximum absolute atomic E-state index is 12.0. The number of carbonyl (C=O) groups is 1. The summed E-state index contributed by atoms with van der Waals surface area (Å²) in [6.45, 7) is -1.64. The van der Waals surface area contributed by atoms with Crippen LogP contribution >= 0.6 is 11.6 Å². The van der Waals surface area contributed by atoms with Crippen LogP contribution in [0, 0.1) is 0 Å². The molecule has 0 fully saturated rings. The number of carbonyl (C=O) groups excluding carboxylic acids is 1. The molecule has 1 aromatic heterocycles. The van der Waals surface area contributed by atoms with Crippen molar-refractivity contribution in [3.8, 4) is 0 Å². The number of fused-ring (bicyclic) bond motifs is 1. The van der Waals surface area contributed by atoms with Gasteiger partial charge in [0.05, 0.1) is 5.52 Å². The summed E-state index contributed by atoms with van der Waals surface area (Å²) >= 11 is 5.83. The van der Waals surface area contributed by atoms with Crippen molar-refractivity contribution in [3.63, 3.8) is 0 Å². The lowest BCUT2D eigenvalue weighted by Crippen LogP contribution is -2.18. The number of nitrogens with zero attached hydrogens (tertiary/aromatic N) is 1. The number of benzene rings is 1. The van der Waals surface area contributed by atoms with Crippen LogP contribution in [0.25, 0.3) is 10.9 Å². The van der Waals surface area contributed by atoms with Gasteiger partial charge in [-0.1, -0.05) is 17.7 Å². The van der Waals surface area contributed by atoms with E-state index in [-0.39, 0.29) is 6.73 Å². The fraction of sp³-hybridized carbons (Fsp3) is 0.250. The number of ether oxygens (including phenoxy) is 1. The molecule has 1 aromatic carbocycles. The van der Waals surface area contributed by atoms with Crippen LogP contribution in [0.1, 0.15) is 10.4 Å². The molecule has 19 heavy (non-hydrogen) atoms. The highest BCUT2D eigenvalue weighted by Gasteiger charge is 2.27. The summed E-state index contributed by atoms with van der Waals surface area (Å²) in [5.74, 6) is 0. The fourth-order valence-electron chi connectivity index (χ4n) is 1.75. The zero-order valence-electron chi connectivity index (χ0n) is 9.58. The first kappa shape index (κ1) is 13.9. The van der Waals surface area contributed by atoms with Crippen LogP contribution < -0.4 is 0 Å². The van der Waals surface area contributed by atoms with E-state index < -0.39 is 12.8 Å². The molecule has 0 aliphatic heterocycles. The van der Waals surface area contributed by atoms with Gasteiger partial charge >= 0.3 is 6.18 Å². The summed E-state index contributed by atoms with van der Waals surface area (Å²) in [5.41, 5.74) is 0.930. The van der Waals surface area contributed by atoms with E-state index in [0.29, 0.717) is 27.8 Å². The maximum atomic E-state index is 12.0. The first-order chi connectivity index (χ1) is 8.90. The molecule has 102 valence electrons. The van der Waals surface area contributed by atoms with Crippen molar-refractivity contribution in [2.45, 2.75) is 12.9 Å². The fourth-order valence-corrected chi connectivity index (χ4v) is 1.92. The van der Waals surface area contributed by atoms with Gasteiger partial charge in [-0.05, 0) is 12.1 Å². The third-order valence-electron chi connectivity index (χ3n) is 2.50. The third kappa shape index (κ3) is 3.27. The monoisotopic (exact) mass is 291 g/mol. The maximum Gasteiger partial charge on any atom is 0.411 e. The Bertz CT molecular complexity index is 607. The van der Waals surface area contributed by atoms with E-state index in [1.807, 2.05) is 0 Å². The Labute approximate surface area is 111 Å². The molecule has 1 heterocycles. The average Bonchev–Trinajstić information content (AvgIpc) is 2.65. The van der Waals surface area contributed by atoms with Crippen molar-refractivity contribution in [2.75, 3.05) is 6.61 Å². The quantitative estimate of drug-likeness (QED) is 0.805. The van der Waals surface area contributed by atoms with Gasteiger partial charge in [-0.25, -0.2) is 0 Å². The zero-order chi connectivity index (χ0) is 14.0. The number of rotatable bonds is 4. The van der Waals surface area contributed by atoms with Crippen LogP contribution in [0.5, 0.6) is 0 Å². The summed E-state index contributed by atoms with van der Waals surface area (Å²) in [6.07, 6.45) is -2.31. The van der Waals surface area contributed by atoms with Crippen molar-refractivity contribution >= 4 is 28.8 Å². The van der Waals surface area contributed by atoms with E-state index in [0.717, 1.165) is 0 Å². The van der Waals surface area contributed by atoms with Gasteiger partial charge < -0.3 is 9.30 Å². The van der Waals surface area contributed by atoms with Gasteiger partial charge in [-0.15, -0.1) is 0 Å². The van der Waals surface area contributed by atoms with Gasteiger partial charge in [0, 0.05) is 22.2 Å². The molecule has 0 N–H and O–H groups in total. The molecule has 0 aliphatic rings. The second-order valence-electron chi connectivity index (χ2n) is 3.93. The Balaban J connectivity index is 2.27. The second kappa shape index (κ2) is 5.22. The Hall–Kier alpha value is -1.53. The minimum Gasteiger partial charge on any atom is -0.351 e. The zero-order valence-corrected chi connectivity index (χ0v) is 10.3. The van der Waals surface area contributed by atoms with Gasteiger partial charge in [0.15, 0.2) is 6.29 Å². The Morgan fingerprint density at radius 3 is 2.74 bits per heavy atom. The molecule has 2 rings (SSSR count). The number of hydrogen-bond acceptors (Lipinski definition) is 2. The van der Waals surface area contributed by atoms with Crippen molar-refractivity contribution < 1.29 is 22.7 Å². The molecular formula is C12H9ClF3NO2. The summed E-state index contributed by atoms with van der Waals surface area (Å²) in [7, 11) is 0. The molecule has 0 radical (unpaired) electrons. The molecule has 0 aliphatic carbocycles. The van der Waals surface area contributed by atoms with Crippen LogP contribution in [0.15, 0.2) is 24.4 Å². The highest BCUT2D eigenvalue weighted by Crippen LogP contribution is 2.24. The average molecular weight is 292 g/mol. The van der Waals surface area contributed by atoms with Crippen molar-refractivity contribution in [1.82, 2.24) is 4.57 Å². The Morgan fingerprint density at radius 2 is 2.11 bits per heavy atom. The minimum atomic E-state index is -4.38. The lowest BCUT2D eigenvalue weighted by Gasteiger charge is -2.09. The highest BCUT2D eigenvalue weighted by molar-refractivity contribution is 6.31. The van der Waals surface area contributed by atoms with E-state index in [1.54, 1.807) is 18.2 Å². The predicted molar refractivity (Wildman–Crippen MR) is 64.3 cm³/mol. The molecule has 0 saturated heterocycles. The predicted octanol–water partition coefficient (Wildman–Crippen LogP) is 3.64. The second-order valence-corrected chi connectivity index (χ2v) is 4.36. The summed E-state index contributed by atoms with van der Waals surface area (Å²) in [5, 5.41) is 1.05. The van der Waals surface area contributed by atoms with E-state index >= 15 is 0 Å². The van der Waals surface area contributed by atoms with Crippen LogP contribution in [-0.4, -0.2) is 23.6 Å². The van der Waals surface area contributed by atoms with Crippen LogP contribution in [-0.2, 0) is 11.5 Å². The van der Waals surface area contributed by atoms with Gasteiger partial charge in [0.25, 0.3) is 0 Å². The van der Waals surface area contributed by atoms with Gasteiger partial charge in [-0.3, -0.25) is 4.79 Å². The largest absolute Gasteiger partial charge is 0.411 e. The molecule has 0 spiro atoms. The molecule has 0 amide bonds. The smallest absolute Gasteiger partial charge is 0.351 e. The first-order valence-corrected chi connectivity index (χ1v) is 5.66. The molecule has 0 atom stereocenters. The van der Waals surface area contributed by atoms with Crippen LogP contribution in [0.2, 0.25) is 5.02 Å². The van der Waals surface area contributed by atoms with Crippen LogP contribution in [0.3, 0.4) is 0 Å². The molecule has 0 unspecified atom stereocenters. The number of aldehydes is 1. The van der Waals surface area contributed by atoms with Gasteiger partial charge in [-0.2, -0.15) is 13.2 Å². The van der Waals surface area contributed by atoms with Crippen molar-refractivity contribution in [1.29, 1.82) is 0 Å².